The first-order valence-electron chi connectivity index (χ1n) is 6.90. The number of nitrogens with one attached hydrogen (secondary N) is 1. The van der Waals surface area contributed by atoms with Gasteiger partial charge in [-0.25, -0.2) is 0 Å². The smallest absolute Gasteiger partial charge is 0.122 e. The molecule has 0 aliphatic rings. The van der Waals surface area contributed by atoms with Crippen molar-refractivity contribution >= 4 is 10.9 Å². The van der Waals surface area contributed by atoms with E-state index in [1.165, 1.54) is 16.5 Å². The predicted octanol–water partition coefficient (Wildman–Crippen LogP) is 3.52. The van der Waals surface area contributed by atoms with Gasteiger partial charge in [0.15, 0.2) is 0 Å². The second-order valence-electron chi connectivity index (χ2n) is 5.90. The van der Waals surface area contributed by atoms with Crippen molar-refractivity contribution in [3.8, 4) is 0 Å². The summed E-state index contributed by atoms with van der Waals surface area (Å²) in [6.45, 7) is 10.8. The van der Waals surface area contributed by atoms with E-state index >= 15 is 0 Å². The van der Waals surface area contributed by atoms with Crippen molar-refractivity contribution in [1.82, 2.24) is 9.88 Å². The lowest BCUT2D eigenvalue weighted by Gasteiger charge is -2.20. The van der Waals surface area contributed by atoms with Crippen molar-refractivity contribution in [2.45, 2.75) is 46.5 Å². The number of nitrogens with zero attached hydrogens (tertiary/aromatic N) is 1. The third kappa shape index (κ3) is 3.82. The number of hydrogen-bond acceptors (Lipinski definition) is 2. The molecule has 0 spiro atoms. The van der Waals surface area contributed by atoms with Gasteiger partial charge in [-0.2, -0.15) is 0 Å². The van der Waals surface area contributed by atoms with Crippen LogP contribution in [-0.4, -0.2) is 16.7 Å². The number of rotatable bonds is 5. The molecule has 1 N–H and O–H groups in total. The van der Waals surface area contributed by atoms with Gasteiger partial charge in [-0.05, 0) is 56.8 Å². The fraction of sp³-hybridized carbons (Fsp3) is 0.500. The van der Waals surface area contributed by atoms with Gasteiger partial charge in [0.2, 0.25) is 0 Å². The maximum absolute atomic E-state index is 5.46. The number of benzene rings is 1. The molecule has 2 rings (SSSR count). The molecule has 0 aliphatic carbocycles. The minimum Gasteiger partial charge on any atom is -0.361 e. The molecule has 0 aliphatic heterocycles. The number of fused-ring (bicyclic) bond motifs is 1. The second-order valence-corrected chi connectivity index (χ2v) is 5.90. The van der Waals surface area contributed by atoms with Crippen molar-refractivity contribution in [3.63, 3.8) is 0 Å². The van der Waals surface area contributed by atoms with Crippen LogP contribution in [0, 0.1) is 0 Å². The standard InChI is InChI=1S/C16H24N2O/c1-5-19-12-18-9-8-14-10-13(6-7-15(14)18)11-17-16(2,3)4/h6-10,17H,5,11-12H2,1-4H3. The van der Waals surface area contributed by atoms with Crippen LogP contribution in [0.4, 0.5) is 0 Å². The van der Waals surface area contributed by atoms with Crippen LogP contribution in [0.15, 0.2) is 30.5 Å². The molecule has 0 saturated heterocycles. The van der Waals surface area contributed by atoms with E-state index in [1.807, 2.05) is 6.92 Å². The van der Waals surface area contributed by atoms with E-state index < -0.39 is 0 Å². The van der Waals surface area contributed by atoms with E-state index in [2.05, 4.69) is 61.1 Å². The molecule has 0 saturated carbocycles. The van der Waals surface area contributed by atoms with Crippen LogP contribution in [0.25, 0.3) is 10.9 Å². The summed E-state index contributed by atoms with van der Waals surface area (Å²) in [7, 11) is 0. The maximum Gasteiger partial charge on any atom is 0.122 e. The first kappa shape index (κ1) is 14.1. The lowest BCUT2D eigenvalue weighted by atomic mass is 10.1. The Kier molecular flexibility index (Phi) is 4.27. The minimum atomic E-state index is 0.149. The average Bonchev–Trinajstić information content (AvgIpc) is 2.75. The van der Waals surface area contributed by atoms with E-state index in [4.69, 9.17) is 4.74 Å². The maximum atomic E-state index is 5.46. The lowest BCUT2D eigenvalue weighted by molar-refractivity contribution is 0.0909. The molecule has 104 valence electrons. The Balaban J connectivity index is 2.13. The molecule has 1 aromatic carbocycles. The third-order valence-corrected chi connectivity index (χ3v) is 3.09. The first-order valence-corrected chi connectivity index (χ1v) is 6.90. The summed E-state index contributed by atoms with van der Waals surface area (Å²) in [5.41, 5.74) is 2.69. The zero-order valence-corrected chi connectivity index (χ0v) is 12.4. The Morgan fingerprint density at radius 1 is 1.21 bits per heavy atom. The van der Waals surface area contributed by atoms with Crippen LogP contribution >= 0.6 is 0 Å². The van der Waals surface area contributed by atoms with Crippen LogP contribution in [0.2, 0.25) is 0 Å². The van der Waals surface area contributed by atoms with Gasteiger partial charge >= 0.3 is 0 Å². The molecule has 0 atom stereocenters. The molecule has 0 unspecified atom stereocenters. The Bertz CT molecular complexity index is 537. The third-order valence-electron chi connectivity index (χ3n) is 3.09. The van der Waals surface area contributed by atoms with Gasteiger partial charge in [-0.15, -0.1) is 0 Å². The highest BCUT2D eigenvalue weighted by Gasteiger charge is 2.09. The number of hydrogen-bond donors (Lipinski definition) is 1. The largest absolute Gasteiger partial charge is 0.361 e. The summed E-state index contributed by atoms with van der Waals surface area (Å²) in [4.78, 5) is 0. The van der Waals surface area contributed by atoms with Crippen molar-refractivity contribution in [1.29, 1.82) is 0 Å². The van der Waals surface area contributed by atoms with Gasteiger partial charge in [0.1, 0.15) is 6.73 Å². The van der Waals surface area contributed by atoms with E-state index in [0.717, 1.165) is 13.2 Å². The van der Waals surface area contributed by atoms with Crippen LogP contribution in [0.1, 0.15) is 33.3 Å². The van der Waals surface area contributed by atoms with Crippen molar-refractivity contribution in [2.75, 3.05) is 6.61 Å². The lowest BCUT2D eigenvalue weighted by Crippen LogP contribution is -2.35. The monoisotopic (exact) mass is 260 g/mol. The van der Waals surface area contributed by atoms with Crippen LogP contribution in [0.5, 0.6) is 0 Å². The minimum absolute atomic E-state index is 0.149. The number of ether oxygens (including phenoxy) is 1. The molecule has 0 fully saturated rings. The second kappa shape index (κ2) is 5.76. The molecule has 0 amide bonds. The molecule has 19 heavy (non-hydrogen) atoms. The van der Waals surface area contributed by atoms with E-state index in [9.17, 15) is 0 Å². The quantitative estimate of drug-likeness (QED) is 0.890. The summed E-state index contributed by atoms with van der Waals surface area (Å²) < 4.78 is 7.60. The summed E-state index contributed by atoms with van der Waals surface area (Å²) in [6, 6.07) is 8.75. The van der Waals surface area contributed by atoms with Crippen LogP contribution < -0.4 is 5.32 Å². The van der Waals surface area contributed by atoms with Crippen molar-refractivity contribution in [3.05, 3.63) is 36.0 Å². The normalized spacial score (nSPS) is 12.2. The fourth-order valence-electron chi connectivity index (χ4n) is 2.03. The van der Waals surface area contributed by atoms with Gasteiger partial charge < -0.3 is 14.6 Å². The van der Waals surface area contributed by atoms with Crippen LogP contribution in [0.3, 0.4) is 0 Å². The molecule has 3 nitrogen and oxygen atoms in total. The van der Waals surface area contributed by atoms with E-state index in [-0.39, 0.29) is 5.54 Å². The van der Waals surface area contributed by atoms with Crippen molar-refractivity contribution < 1.29 is 4.74 Å². The molecular weight excluding hydrogens is 236 g/mol. The molecule has 0 radical (unpaired) electrons. The SMILES string of the molecule is CCOCn1ccc2cc(CNC(C)(C)C)ccc21. The zero-order chi connectivity index (χ0) is 13.9. The van der Waals surface area contributed by atoms with Crippen LogP contribution in [-0.2, 0) is 18.0 Å². The molecule has 1 aromatic heterocycles. The molecule has 3 heteroatoms. The van der Waals surface area contributed by atoms with E-state index in [1.54, 1.807) is 0 Å². The van der Waals surface area contributed by atoms with Gasteiger partial charge in [0, 0.05) is 30.4 Å². The zero-order valence-electron chi connectivity index (χ0n) is 12.4. The molecule has 0 bridgehead atoms. The molecular formula is C16H24N2O. The Morgan fingerprint density at radius 3 is 2.68 bits per heavy atom. The average molecular weight is 260 g/mol. The molecule has 2 aromatic rings. The molecule has 1 heterocycles. The Labute approximate surface area is 115 Å². The summed E-state index contributed by atoms with van der Waals surface area (Å²) in [6.07, 6.45) is 2.08. The summed E-state index contributed by atoms with van der Waals surface area (Å²) in [5, 5.41) is 4.78. The number of aromatic nitrogens is 1. The van der Waals surface area contributed by atoms with Gasteiger partial charge in [-0.3, -0.25) is 0 Å². The Hall–Kier alpha value is -1.32. The summed E-state index contributed by atoms with van der Waals surface area (Å²) in [5.74, 6) is 0. The van der Waals surface area contributed by atoms with Gasteiger partial charge in [0.05, 0.1) is 0 Å². The highest BCUT2D eigenvalue weighted by molar-refractivity contribution is 5.80. The fourth-order valence-corrected chi connectivity index (χ4v) is 2.03. The summed E-state index contributed by atoms with van der Waals surface area (Å²) >= 11 is 0. The first-order chi connectivity index (χ1) is 8.99. The Morgan fingerprint density at radius 2 is 2.00 bits per heavy atom. The van der Waals surface area contributed by atoms with Crippen molar-refractivity contribution in [2.24, 2.45) is 0 Å². The van der Waals surface area contributed by atoms with Gasteiger partial charge in [0.25, 0.3) is 0 Å². The topological polar surface area (TPSA) is 26.2 Å². The highest BCUT2D eigenvalue weighted by atomic mass is 16.5. The highest BCUT2D eigenvalue weighted by Crippen LogP contribution is 2.18. The van der Waals surface area contributed by atoms with E-state index in [0.29, 0.717) is 6.73 Å². The van der Waals surface area contributed by atoms with Gasteiger partial charge in [-0.1, -0.05) is 6.07 Å². The predicted molar refractivity (Wildman–Crippen MR) is 80.2 cm³/mol.